The molecule has 0 atom stereocenters. The maximum absolute atomic E-state index is 13.9. The number of fused-ring (bicyclic) bond motifs is 2. The predicted octanol–water partition coefficient (Wildman–Crippen LogP) is 2.92. The second-order valence-electron chi connectivity index (χ2n) is 7.25. The van der Waals surface area contributed by atoms with Gasteiger partial charge in [-0.25, -0.2) is 13.6 Å². The maximum Gasteiger partial charge on any atom is 0.332 e. The Morgan fingerprint density at radius 3 is 2.67 bits per heavy atom. The number of carbonyl (C=O) groups is 1. The van der Waals surface area contributed by atoms with Gasteiger partial charge in [-0.1, -0.05) is 6.07 Å². The minimum atomic E-state index is -0.941. The SMILES string of the molecule is O=C(Cn1c(=O)n(Cc2ccc3c(c2)OCO3)c(=O)c2sccc21)Nc1ccc(F)cc1F. The van der Waals surface area contributed by atoms with E-state index in [0.29, 0.717) is 33.3 Å². The predicted molar refractivity (Wildman–Crippen MR) is 117 cm³/mol. The van der Waals surface area contributed by atoms with Gasteiger partial charge in [0.1, 0.15) is 22.9 Å². The van der Waals surface area contributed by atoms with E-state index >= 15 is 0 Å². The van der Waals surface area contributed by atoms with Crippen molar-refractivity contribution < 1.29 is 23.0 Å². The van der Waals surface area contributed by atoms with Crippen LogP contribution < -0.4 is 26.0 Å². The van der Waals surface area contributed by atoms with Crippen LogP contribution in [0.3, 0.4) is 0 Å². The zero-order valence-corrected chi connectivity index (χ0v) is 17.7. The van der Waals surface area contributed by atoms with Crippen LogP contribution in [0, 0.1) is 11.6 Å². The molecule has 2 aromatic carbocycles. The van der Waals surface area contributed by atoms with Gasteiger partial charge in [0.2, 0.25) is 12.7 Å². The van der Waals surface area contributed by atoms with Crippen molar-refractivity contribution in [2.24, 2.45) is 0 Å². The number of aromatic nitrogens is 2. The highest BCUT2D eigenvalue weighted by Crippen LogP contribution is 2.32. The molecule has 5 rings (SSSR count). The first-order chi connectivity index (χ1) is 15.9. The number of ether oxygens (including phenoxy) is 2. The molecule has 11 heteroatoms. The van der Waals surface area contributed by atoms with Crippen LogP contribution in [0.15, 0.2) is 57.4 Å². The summed E-state index contributed by atoms with van der Waals surface area (Å²) in [6.07, 6.45) is 0. The van der Waals surface area contributed by atoms with Crippen molar-refractivity contribution in [1.82, 2.24) is 9.13 Å². The van der Waals surface area contributed by atoms with Crippen LogP contribution in [0.1, 0.15) is 5.56 Å². The fraction of sp³-hybridized carbons (Fsp3) is 0.136. The van der Waals surface area contributed by atoms with Crippen LogP contribution in [-0.2, 0) is 17.9 Å². The molecule has 1 aliphatic heterocycles. The monoisotopic (exact) mass is 471 g/mol. The van der Waals surface area contributed by atoms with E-state index in [1.807, 2.05) is 0 Å². The lowest BCUT2D eigenvalue weighted by Gasteiger charge is -2.13. The lowest BCUT2D eigenvalue weighted by molar-refractivity contribution is -0.116. The topological polar surface area (TPSA) is 91.6 Å². The van der Waals surface area contributed by atoms with Crippen molar-refractivity contribution in [2.45, 2.75) is 13.1 Å². The number of hydrogen-bond acceptors (Lipinski definition) is 6. The van der Waals surface area contributed by atoms with Gasteiger partial charge in [0, 0.05) is 6.07 Å². The highest BCUT2D eigenvalue weighted by Gasteiger charge is 2.19. The van der Waals surface area contributed by atoms with E-state index < -0.39 is 35.3 Å². The summed E-state index contributed by atoms with van der Waals surface area (Å²) in [4.78, 5) is 38.8. The molecule has 168 valence electrons. The number of rotatable bonds is 5. The van der Waals surface area contributed by atoms with Gasteiger partial charge in [0.15, 0.2) is 11.5 Å². The summed E-state index contributed by atoms with van der Waals surface area (Å²) in [6, 6.07) is 9.40. The zero-order chi connectivity index (χ0) is 23.1. The minimum Gasteiger partial charge on any atom is -0.454 e. The van der Waals surface area contributed by atoms with Crippen LogP contribution in [0.4, 0.5) is 14.5 Å². The molecular formula is C22H15F2N3O5S. The van der Waals surface area contributed by atoms with Gasteiger partial charge >= 0.3 is 5.69 Å². The summed E-state index contributed by atoms with van der Waals surface area (Å²) in [5.41, 5.74) is -0.461. The highest BCUT2D eigenvalue weighted by molar-refractivity contribution is 7.17. The third kappa shape index (κ3) is 3.87. The van der Waals surface area contributed by atoms with E-state index in [9.17, 15) is 23.2 Å². The van der Waals surface area contributed by atoms with Crippen molar-refractivity contribution >= 4 is 33.1 Å². The van der Waals surface area contributed by atoms with Gasteiger partial charge in [-0.3, -0.25) is 18.7 Å². The molecule has 0 unspecified atom stereocenters. The van der Waals surface area contributed by atoms with Gasteiger partial charge in [-0.2, -0.15) is 0 Å². The fourth-order valence-electron chi connectivity index (χ4n) is 3.57. The maximum atomic E-state index is 13.9. The van der Waals surface area contributed by atoms with Gasteiger partial charge in [0.05, 0.1) is 17.7 Å². The molecule has 0 bridgehead atoms. The lowest BCUT2D eigenvalue weighted by atomic mass is 10.2. The average Bonchev–Trinajstić information content (AvgIpc) is 3.45. The summed E-state index contributed by atoms with van der Waals surface area (Å²) in [7, 11) is 0. The molecule has 8 nitrogen and oxygen atoms in total. The molecule has 1 amide bonds. The number of thiophene rings is 1. The largest absolute Gasteiger partial charge is 0.454 e. The van der Waals surface area contributed by atoms with Crippen LogP contribution >= 0.6 is 11.3 Å². The molecule has 0 saturated carbocycles. The Kier molecular flexibility index (Phi) is 5.17. The van der Waals surface area contributed by atoms with Crippen molar-refractivity contribution in [1.29, 1.82) is 0 Å². The van der Waals surface area contributed by atoms with Crippen LogP contribution in [0.25, 0.3) is 10.2 Å². The van der Waals surface area contributed by atoms with Crippen molar-refractivity contribution in [3.05, 3.63) is 85.9 Å². The van der Waals surface area contributed by atoms with Crippen LogP contribution in [-0.4, -0.2) is 21.8 Å². The highest BCUT2D eigenvalue weighted by atomic mass is 32.1. The number of benzene rings is 2. The third-order valence-electron chi connectivity index (χ3n) is 5.12. The number of anilines is 1. The first-order valence-electron chi connectivity index (χ1n) is 9.75. The Morgan fingerprint density at radius 1 is 1.03 bits per heavy atom. The number of hydrogen-bond donors (Lipinski definition) is 1. The molecule has 4 aromatic rings. The Morgan fingerprint density at radius 2 is 1.85 bits per heavy atom. The molecular weight excluding hydrogens is 456 g/mol. The van der Waals surface area contributed by atoms with E-state index in [1.165, 1.54) is 0 Å². The second-order valence-corrected chi connectivity index (χ2v) is 8.17. The molecule has 1 N–H and O–H groups in total. The zero-order valence-electron chi connectivity index (χ0n) is 16.8. The van der Waals surface area contributed by atoms with E-state index in [2.05, 4.69) is 5.32 Å². The summed E-state index contributed by atoms with van der Waals surface area (Å²) in [6.45, 7) is -0.420. The summed E-state index contributed by atoms with van der Waals surface area (Å²) < 4.78 is 40.1. The normalized spacial score (nSPS) is 12.3. The van der Waals surface area contributed by atoms with Crippen LogP contribution in [0.5, 0.6) is 11.5 Å². The molecule has 2 aromatic heterocycles. The summed E-state index contributed by atoms with van der Waals surface area (Å²) >= 11 is 1.15. The average molecular weight is 471 g/mol. The Balaban J connectivity index is 1.50. The molecule has 0 aliphatic carbocycles. The smallest absolute Gasteiger partial charge is 0.332 e. The van der Waals surface area contributed by atoms with E-state index in [4.69, 9.17) is 9.47 Å². The number of halogens is 2. The van der Waals surface area contributed by atoms with Gasteiger partial charge in [-0.05, 0) is 41.3 Å². The van der Waals surface area contributed by atoms with Crippen molar-refractivity contribution in [3.8, 4) is 11.5 Å². The molecule has 0 saturated heterocycles. The quantitative estimate of drug-likeness (QED) is 0.483. The van der Waals surface area contributed by atoms with Crippen molar-refractivity contribution in [2.75, 3.05) is 12.1 Å². The summed E-state index contributed by atoms with van der Waals surface area (Å²) in [5, 5.41) is 3.97. The van der Waals surface area contributed by atoms with Gasteiger partial charge < -0.3 is 14.8 Å². The summed E-state index contributed by atoms with van der Waals surface area (Å²) in [5.74, 6) is -1.34. The first kappa shape index (κ1) is 20.9. The third-order valence-corrected chi connectivity index (χ3v) is 6.01. The van der Waals surface area contributed by atoms with Gasteiger partial charge in [0.25, 0.3) is 5.56 Å². The van der Waals surface area contributed by atoms with Crippen LogP contribution in [0.2, 0.25) is 0 Å². The molecule has 0 radical (unpaired) electrons. The van der Waals surface area contributed by atoms with E-state index in [0.717, 1.165) is 32.6 Å². The second kappa shape index (κ2) is 8.17. The van der Waals surface area contributed by atoms with E-state index in [-0.39, 0.29) is 19.0 Å². The molecule has 3 heterocycles. The molecule has 0 fully saturated rings. The van der Waals surface area contributed by atoms with Gasteiger partial charge in [-0.15, -0.1) is 11.3 Å². The van der Waals surface area contributed by atoms with Crippen molar-refractivity contribution in [3.63, 3.8) is 0 Å². The Labute approximate surface area is 188 Å². The fourth-order valence-corrected chi connectivity index (χ4v) is 4.41. The molecule has 1 aliphatic rings. The molecule has 0 spiro atoms. The number of nitrogens with one attached hydrogen (secondary N) is 1. The van der Waals surface area contributed by atoms with E-state index in [1.54, 1.807) is 29.6 Å². The lowest BCUT2D eigenvalue weighted by Crippen LogP contribution is -2.41. The Bertz CT molecular complexity index is 1520. The first-order valence-corrected chi connectivity index (χ1v) is 10.6. The minimum absolute atomic E-state index is 0.0453. The standard InChI is InChI=1S/C22H15F2N3O5S/c23-13-2-3-15(14(24)8-13)25-19(28)10-26-16-5-6-33-20(16)21(29)27(22(26)30)9-12-1-4-17-18(7-12)32-11-31-17/h1-8H,9-11H2,(H,25,28). The number of amides is 1. The Hall–Kier alpha value is -3.99. The molecule has 33 heavy (non-hydrogen) atoms. The number of carbonyl (C=O) groups excluding carboxylic acids is 1. The number of nitrogens with zero attached hydrogens (tertiary/aromatic N) is 2.